The summed E-state index contributed by atoms with van der Waals surface area (Å²) in [6.45, 7) is 3.95. The van der Waals surface area contributed by atoms with Crippen molar-refractivity contribution >= 4 is 15.9 Å². The van der Waals surface area contributed by atoms with Crippen molar-refractivity contribution in [1.82, 2.24) is 9.78 Å². The second-order valence-electron chi connectivity index (χ2n) is 4.75. The minimum Gasteiger partial charge on any atom is -0.484 e. The van der Waals surface area contributed by atoms with Gasteiger partial charge in [-0.2, -0.15) is 5.10 Å². The van der Waals surface area contributed by atoms with Crippen LogP contribution in [-0.4, -0.2) is 15.8 Å². The molecule has 102 valence electrons. The number of halogens is 1. The Morgan fingerprint density at radius 1 is 1.42 bits per heavy atom. The molecule has 0 aliphatic heterocycles. The van der Waals surface area contributed by atoms with Gasteiger partial charge in [0.25, 0.3) is 0 Å². The molecule has 1 heterocycles. The van der Waals surface area contributed by atoms with E-state index in [1.807, 2.05) is 45.3 Å². The molecule has 19 heavy (non-hydrogen) atoms. The van der Waals surface area contributed by atoms with E-state index in [1.165, 1.54) is 0 Å². The molecule has 1 aromatic heterocycles. The lowest BCUT2D eigenvalue weighted by atomic mass is 10.1. The molecule has 5 heteroatoms. The predicted octanol–water partition coefficient (Wildman–Crippen LogP) is 2.96. The molecule has 4 nitrogen and oxygen atoms in total. The minimum absolute atomic E-state index is 0.123. The van der Waals surface area contributed by atoms with E-state index in [-0.39, 0.29) is 12.1 Å². The molecular weight excluding hydrogens is 306 g/mol. The second kappa shape index (κ2) is 5.75. The molecule has 0 bridgehead atoms. The van der Waals surface area contributed by atoms with E-state index < -0.39 is 0 Å². The monoisotopic (exact) mass is 323 g/mol. The molecule has 2 rings (SSSR count). The van der Waals surface area contributed by atoms with Crippen LogP contribution in [-0.2, 0) is 7.05 Å². The van der Waals surface area contributed by atoms with Crippen molar-refractivity contribution in [3.8, 4) is 5.75 Å². The number of rotatable bonds is 4. The molecule has 2 aromatic rings. The van der Waals surface area contributed by atoms with Gasteiger partial charge in [-0.05, 0) is 31.5 Å². The quantitative estimate of drug-likeness (QED) is 0.941. The Balaban J connectivity index is 2.29. The van der Waals surface area contributed by atoms with Gasteiger partial charge in [-0.15, -0.1) is 0 Å². The van der Waals surface area contributed by atoms with Crippen molar-refractivity contribution < 1.29 is 4.74 Å². The van der Waals surface area contributed by atoms with Crippen LogP contribution in [0.5, 0.6) is 5.75 Å². The van der Waals surface area contributed by atoms with Gasteiger partial charge >= 0.3 is 0 Å². The standard InChI is InChI=1S/C14H18BrN3O/c1-9-4-5-12(15)6-13(9)19-14(10(2)16)11-7-17-18(3)8-11/h4-8,10,14H,16H2,1-3H3. The Hall–Kier alpha value is -1.33. The van der Waals surface area contributed by atoms with Crippen molar-refractivity contribution in [2.45, 2.75) is 26.0 Å². The van der Waals surface area contributed by atoms with E-state index >= 15 is 0 Å². The first kappa shape index (κ1) is 14.1. The van der Waals surface area contributed by atoms with Crippen LogP contribution >= 0.6 is 15.9 Å². The van der Waals surface area contributed by atoms with Crippen molar-refractivity contribution in [3.63, 3.8) is 0 Å². The number of aryl methyl sites for hydroxylation is 2. The van der Waals surface area contributed by atoms with Crippen LogP contribution in [0.3, 0.4) is 0 Å². The third kappa shape index (κ3) is 3.36. The molecule has 0 spiro atoms. The summed E-state index contributed by atoms with van der Waals surface area (Å²) < 4.78 is 8.82. The normalized spacial score (nSPS) is 14.2. The van der Waals surface area contributed by atoms with Crippen molar-refractivity contribution in [2.24, 2.45) is 12.8 Å². The van der Waals surface area contributed by atoms with E-state index in [1.54, 1.807) is 10.9 Å². The smallest absolute Gasteiger partial charge is 0.141 e. The second-order valence-corrected chi connectivity index (χ2v) is 5.67. The number of nitrogens with zero attached hydrogens (tertiary/aromatic N) is 2. The average Bonchev–Trinajstić information content (AvgIpc) is 2.76. The average molecular weight is 324 g/mol. The van der Waals surface area contributed by atoms with Gasteiger partial charge in [0.2, 0.25) is 0 Å². The molecule has 0 aliphatic rings. The molecule has 2 atom stereocenters. The van der Waals surface area contributed by atoms with Gasteiger partial charge in [-0.1, -0.05) is 22.0 Å². The lowest BCUT2D eigenvalue weighted by Gasteiger charge is -2.22. The molecule has 1 aromatic carbocycles. The van der Waals surface area contributed by atoms with Crippen LogP contribution in [0.25, 0.3) is 0 Å². The van der Waals surface area contributed by atoms with Crippen LogP contribution in [0.2, 0.25) is 0 Å². The van der Waals surface area contributed by atoms with Crippen LogP contribution < -0.4 is 10.5 Å². The lowest BCUT2D eigenvalue weighted by molar-refractivity contribution is 0.179. The highest BCUT2D eigenvalue weighted by atomic mass is 79.9. The molecule has 0 aliphatic carbocycles. The van der Waals surface area contributed by atoms with Gasteiger partial charge < -0.3 is 10.5 Å². The van der Waals surface area contributed by atoms with Crippen LogP contribution in [0.15, 0.2) is 35.1 Å². The van der Waals surface area contributed by atoms with Crippen molar-refractivity contribution in [3.05, 3.63) is 46.2 Å². The van der Waals surface area contributed by atoms with Gasteiger partial charge in [0.1, 0.15) is 11.9 Å². The number of hydrogen-bond donors (Lipinski definition) is 1. The van der Waals surface area contributed by atoms with Gasteiger partial charge in [0.15, 0.2) is 0 Å². The highest BCUT2D eigenvalue weighted by molar-refractivity contribution is 9.10. The molecule has 2 N–H and O–H groups in total. The van der Waals surface area contributed by atoms with E-state index in [0.29, 0.717) is 0 Å². The minimum atomic E-state index is -0.207. The molecule has 0 fully saturated rings. The third-order valence-electron chi connectivity index (χ3n) is 2.94. The first-order chi connectivity index (χ1) is 8.97. The summed E-state index contributed by atoms with van der Waals surface area (Å²) >= 11 is 3.46. The highest BCUT2D eigenvalue weighted by Gasteiger charge is 2.20. The van der Waals surface area contributed by atoms with Gasteiger partial charge in [-0.25, -0.2) is 0 Å². The Morgan fingerprint density at radius 3 is 2.74 bits per heavy atom. The number of benzene rings is 1. The largest absolute Gasteiger partial charge is 0.484 e. The maximum atomic E-state index is 6.08. The molecule has 0 saturated heterocycles. The molecule has 2 unspecified atom stereocenters. The first-order valence-electron chi connectivity index (χ1n) is 6.14. The summed E-state index contributed by atoms with van der Waals surface area (Å²) in [7, 11) is 1.88. The number of aromatic nitrogens is 2. The van der Waals surface area contributed by atoms with Crippen molar-refractivity contribution in [2.75, 3.05) is 0 Å². The highest BCUT2D eigenvalue weighted by Crippen LogP contribution is 2.29. The Labute approximate surface area is 121 Å². The fraction of sp³-hybridized carbons (Fsp3) is 0.357. The Kier molecular flexibility index (Phi) is 4.27. The summed E-state index contributed by atoms with van der Waals surface area (Å²) in [5.74, 6) is 0.834. The fourth-order valence-electron chi connectivity index (χ4n) is 1.90. The number of nitrogens with two attached hydrogens (primary N) is 1. The molecule has 0 saturated carbocycles. The zero-order chi connectivity index (χ0) is 14.0. The predicted molar refractivity (Wildman–Crippen MR) is 79.1 cm³/mol. The van der Waals surface area contributed by atoms with Gasteiger partial charge in [0, 0.05) is 29.3 Å². The zero-order valence-electron chi connectivity index (χ0n) is 11.3. The summed E-state index contributed by atoms with van der Waals surface area (Å²) in [6, 6.07) is 5.84. The van der Waals surface area contributed by atoms with E-state index in [4.69, 9.17) is 10.5 Å². The first-order valence-corrected chi connectivity index (χ1v) is 6.93. The SMILES string of the molecule is Cc1ccc(Br)cc1OC(c1cnn(C)c1)C(C)N. The Bertz CT molecular complexity index is 566. The fourth-order valence-corrected chi connectivity index (χ4v) is 2.24. The number of ether oxygens (including phenoxy) is 1. The maximum absolute atomic E-state index is 6.08. The van der Waals surface area contributed by atoms with Crippen LogP contribution in [0, 0.1) is 6.92 Å². The van der Waals surface area contributed by atoms with E-state index in [9.17, 15) is 0 Å². The van der Waals surface area contributed by atoms with E-state index in [0.717, 1.165) is 21.3 Å². The van der Waals surface area contributed by atoms with Gasteiger partial charge in [-0.3, -0.25) is 4.68 Å². The molecule has 0 radical (unpaired) electrons. The van der Waals surface area contributed by atoms with E-state index in [2.05, 4.69) is 21.0 Å². The lowest BCUT2D eigenvalue weighted by Crippen LogP contribution is -2.29. The van der Waals surface area contributed by atoms with Crippen molar-refractivity contribution in [1.29, 1.82) is 0 Å². The Morgan fingerprint density at radius 2 is 2.16 bits per heavy atom. The topological polar surface area (TPSA) is 53.1 Å². The summed E-state index contributed by atoms with van der Waals surface area (Å²) in [6.07, 6.45) is 3.52. The summed E-state index contributed by atoms with van der Waals surface area (Å²) in [5.41, 5.74) is 8.10. The van der Waals surface area contributed by atoms with Crippen LogP contribution in [0.4, 0.5) is 0 Å². The third-order valence-corrected chi connectivity index (χ3v) is 3.43. The van der Waals surface area contributed by atoms with Crippen LogP contribution in [0.1, 0.15) is 24.2 Å². The molecular formula is C14H18BrN3O. The maximum Gasteiger partial charge on any atom is 0.141 e. The zero-order valence-corrected chi connectivity index (χ0v) is 12.9. The van der Waals surface area contributed by atoms with Gasteiger partial charge in [0.05, 0.1) is 6.20 Å². The summed E-state index contributed by atoms with van der Waals surface area (Å²) in [4.78, 5) is 0. The molecule has 0 amide bonds. The summed E-state index contributed by atoms with van der Waals surface area (Å²) in [5, 5.41) is 4.17. The number of hydrogen-bond acceptors (Lipinski definition) is 3.